The first-order valence-electron chi connectivity index (χ1n) is 13.7. The van der Waals surface area contributed by atoms with E-state index in [1.54, 1.807) is 48.5 Å². The van der Waals surface area contributed by atoms with Crippen LogP contribution in [0, 0.1) is 5.92 Å². The number of unbranched alkanes of at least 4 members (excludes halogenated alkanes) is 7. The predicted molar refractivity (Wildman–Crippen MR) is 157 cm³/mol. The van der Waals surface area contributed by atoms with E-state index in [1.807, 2.05) is 26.0 Å². The van der Waals surface area contributed by atoms with Crippen molar-refractivity contribution in [2.75, 3.05) is 6.61 Å². The second-order valence-corrected chi connectivity index (χ2v) is 11.0. The fourth-order valence-electron chi connectivity index (χ4n) is 4.05. The highest BCUT2D eigenvalue weighted by Gasteiger charge is 2.21. The number of fused-ring (bicyclic) bond motifs is 1. The highest BCUT2D eigenvalue weighted by Crippen LogP contribution is 2.27. The summed E-state index contributed by atoms with van der Waals surface area (Å²) in [6.07, 6.45) is 10.1. The van der Waals surface area contributed by atoms with Crippen LogP contribution in [0.3, 0.4) is 0 Å². The Morgan fingerprint density at radius 1 is 0.711 bits per heavy atom. The molecule has 0 aliphatic rings. The van der Waals surface area contributed by atoms with E-state index in [-0.39, 0.29) is 16.7 Å². The highest BCUT2D eigenvalue weighted by molar-refractivity contribution is 9.10. The summed E-state index contributed by atoms with van der Waals surface area (Å²) in [6, 6.07) is 17.8. The maximum atomic E-state index is 12.7. The minimum atomic E-state index is -0.429. The molecule has 0 N–H and O–H groups in total. The molecule has 3 rings (SSSR count). The second kappa shape index (κ2) is 15.5. The van der Waals surface area contributed by atoms with Gasteiger partial charge in [0.1, 0.15) is 22.1 Å². The smallest absolute Gasteiger partial charge is 0.343 e. The van der Waals surface area contributed by atoms with Crippen LogP contribution >= 0.6 is 15.9 Å². The lowest BCUT2D eigenvalue weighted by atomic mass is 10.1. The van der Waals surface area contributed by atoms with Gasteiger partial charge in [0, 0.05) is 0 Å². The Hall–Kier alpha value is -2.86. The third-order valence-corrected chi connectivity index (χ3v) is 7.81. The molecule has 6 heteroatoms. The highest BCUT2D eigenvalue weighted by atomic mass is 79.9. The Morgan fingerprint density at radius 2 is 1.24 bits per heavy atom. The fraction of sp³-hybridized carbons (Fsp3) is 0.438. The number of rotatable bonds is 15. The topological polar surface area (TPSA) is 61.8 Å². The number of hydrogen-bond donors (Lipinski definition) is 0. The zero-order valence-corrected chi connectivity index (χ0v) is 24.3. The number of carbonyl (C=O) groups excluding carboxylic acids is 2. The van der Waals surface area contributed by atoms with Crippen molar-refractivity contribution in [3.63, 3.8) is 0 Å². The quantitative estimate of drug-likeness (QED) is 0.0774. The molecule has 0 saturated carbocycles. The normalized spacial score (nSPS) is 11.9. The molecule has 0 unspecified atom stereocenters. The largest absolute Gasteiger partial charge is 0.494 e. The van der Waals surface area contributed by atoms with Gasteiger partial charge in [-0.15, -0.1) is 0 Å². The van der Waals surface area contributed by atoms with Gasteiger partial charge >= 0.3 is 11.9 Å². The van der Waals surface area contributed by atoms with E-state index in [2.05, 4.69) is 22.9 Å². The number of ether oxygens (including phenoxy) is 3. The predicted octanol–water partition coefficient (Wildman–Crippen LogP) is 8.90. The first-order chi connectivity index (χ1) is 18.4. The van der Waals surface area contributed by atoms with Gasteiger partial charge in [0.25, 0.3) is 0 Å². The molecule has 5 nitrogen and oxygen atoms in total. The number of hydrogen-bond acceptors (Lipinski definition) is 5. The zero-order valence-electron chi connectivity index (χ0n) is 22.7. The Morgan fingerprint density at radius 3 is 1.82 bits per heavy atom. The van der Waals surface area contributed by atoms with E-state index in [0.717, 1.165) is 22.9 Å². The molecule has 38 heavy (non-hydrogen) atoms. The van der Waals surface area contributed by atoms with E-state index in [0.29, 0.717) is 23.7 Å². The van der Waals surface area contributed by atoms with Gasteiger partial charge in [-0.2, -0.15) is 0 Å². The molecular formula is C32H39BrO5. The molecule has 1 atom stereocenters. The van der Waals surface area contributed by atoms with E-state index in [4.69, 9.17) is 14.2 Å². The average Bonchev–Trinajstić information content (AvgIpc) is 2.92. The van der Waals surface area contributed by atoms with Gasteiger partial charge in [0.15, 0.2) is 0 Å². The van der Waals surface area contributed by atoms with E-state index >= 15 is 0 Å². The van der Waals surface area contributed by atoms with Gasteiger partial charge in [-0.3, -0.25) is 4.79 Å². The summed E-state index contributed by atoms with van der Waals surface area (Å²) in [5.74, 6) is 1.05. The molecule has 0 fully saturated rings. The molecule has 0 saturated heterocycles. The van der Waals surface area contributed by atoms with Crippen molar-refractivity contribution in [2.45, 2.75) is 77.0 Å². The molecule has 0 aromatic heterocycles. The van der Waals surface area contributed by atoms with Crippen molar-refractivity contribution in [1.29, 1.82) is 0 Å². The standard InChI is InChI=1S/C32H39BrO5/c1-4-5-6-7-8-9-10-11-20-36-27-16-12-24(13-17-27)31(34)37-28-18-14-26-22-29(19-15-25(26)21-28)38-32(35)30(33)23(2)3/h12-19,21-23,30H,4-11,20H2,1-3H3/t30-/m0/s1. The first kappa shape index (κ1) is 29.7. The summed E-state index contributed by atoms with van der Waals surface area (Å²) in [5.41, 5.74) is 0.460. The average molecular weight is 584 g/mol. The molecule has 0 bridgehead atoms. The minimum Gasteiger partial charge on any atom is -0.494 e. The maximum absolute atomic E-state index is 12.7. The van der Waals surface area contributed by atoms with Crippen molar-refractivity contribution < 1.29 is 23.8 Å². The SMILES string of the molecule is CCCCCCCCCCOc1ccc(C(=O)Oc2ccc3cc(OC(=O)[C@@H](Br)C(C)C)ccc3c2)cc1. The van der Waals surface area contributed by atoms with Crippen molar-refractivity contribution in [3.8, 4) is 17.2 Å². The lowest BCUT2D eigenvalue weighted by Crippen LogP contribution is -2.25. The summed E-state index contributed by atoms with van der Waals surface area (Å²) >= 11 is 3.37. The molecule has 3 aromatic rings. The lowest BCUT2D eigenvalue weighted by molar-refractivity contribution is -0.134. The molecular weight excluding hydrogens is 544 g/mol. The van der Waals surface area contributed by atoms with Crippen LogP contribution in [-0.4, -0.2) is 23.4 Å². The van der Waals surface area contributed by atoms with Crippen LogP contribution in [0.4, 0.5) is 0 Å². The van der Waals surface area contributed by atoms with Crippen LogP contribution in [0.1, 0.15) is 82.5 Å². The first-order valence-corrected chi connectivity index (χ1v) is 14.6. The maximum Gasteiger partial charge on any atom is 0.343 e. The van der Waals surface area contributed by atoms with Crippen LogP contribution < -0.4 is 14.2 Å². The number of alkyl halides is 1. The molecule has 0 radical (unpaired) electrons. The minimum absolute atomic E-state index is 0.128. The Labute approximate surface area is 235 Å². The molecule has 0 amide bonds. The summed E-state index contributed by atoms with van der Waals surface area (Å²) in [5, 5.41) is 1.75. The van der Waals surface area contributed by atoms with E-state index < -0.39 is 5.97 Å². The van der Waals surface area contributed by atoms with Crippen LogP contribution in [0.5, 0.6) is 17.2 Å². The molecule has 0 spiro atoms. The number of benzene rings is 3. The molecule has 0 heterocycles. The van der Waals surface area contributed by atoms with Gasteiger partial charge in [-0.25, -0.2) is 4.79 Å². The summed E-state index contributed by atoms with van der Waals surface area (Å²) in [7, 11) is 0. The third-order valence-electron chi connectivity index (χ3n) is 6.38. The van der Waals surface area contributed by atoms with Crippen molar-refractivity contribution in [3.05, 3.63) is 66.2 Å². The molecule has 0 aliphatic heterocycles. The lowest BCUT2D eigenvalue weighted by Gasteiger charge is -2.13. The fourth-order valence-corrected chi connectivity index (χ4v) is 4.15. The van der Waals surface area contributed by atoms with Crippen LogP contribution in [0.25, 0.3) is 10.8 Å². The van der Waals surface area contributed by atoms with Gasteiger partial charge in [0.05, 0.1) is 12.2 Å². The van der Waals surface area contributed by atoms with Crippen LogP contribution in [-0.2, 0) is 4.79 Å². The molecule has 3 aromatic carbocycles. The van der Waals surface area contributed by atoms with Crippen LogP contribution in [0.15, 0.2) is 60.7 Å². The Bertz CT molecular complexity index is 1170. The van der Waals surface area contributed by atoms with Crippen LogP contribution in [0.2, 0.25) is 0 Å². The summed E-state index contributed by atoms with van der Waals surface area (Å²) in [4.78, 5) is 24.5. The van der Waals surface area contributed by atoms with Gasteiger partial charge in [-0.05, 0) is 71.6 Å². The molecule has 0 aliphatic carbocycles. The van der Waals surface area contributed by atoms with Gasteiger partial charge in [-0.1, -0.05) is 93.8 Å². The summed E-state index contributed by atoms with van der Waals surface area (Å²) in [6.45, 7) is 6.82. The van der Waals surface area contributed by atoms with E-state index in [9.17, 15) is 9.59 Å². The van der Waals surface area contributed by atoms with Crippen molar-refractivity contribution >= 4 is 38.6 Å². The van der Waals surface area contributed by atoms with Gasteiger partial charge < -0.3 is 14.2 Å². The van der Waals surface area contributed by atoms with Crippen molar-refractivity contribution in [1.82, 2.24) is 0 Å². The zero-order chi connectivity index (χ0) is 27.3. The Balaban J connectivity index is 1.46. The third kappa shape index (κ3) is 9.46. The van der Waals surface area contributed by atoms with Gasteiger partial charge in [0.2, 0.25) is 0 Å². The number of halogens is 1. The molecule has 204 valence electrons. The monoisotopic (exact) mass is 582 g/mol. The second-order valence-electron chi connectivity index (χ2n) is 9.97. The van der Waals surface area contributed by atoms with E-state index in [1.165, 1.54) is 44.9 Å². The van der Waals surface area contributed by atoms with Crippen molar-refractivity contribution in [2.24, 2.45) is 5.92 Å². The number of carbonyl (C=O) groups is 2. The summed E-state index contributed by atoms with van der Waals surface area (Å²) < 4.78 is 16.9. The number of esters is 2. The Kier molecular flexibility index (Phi) is 12.1.